The normalized spacial score (nSPS) is 18.4. The van der Waals surface area contributed by atoms with E-state index in [-0.39, 0.29) is 5.56 Å². The van der Waals surface area contributed by atoms with Crippen LogP contribution in [0.25, 0.3) is 0 Å². The van der Waals surface area contributed by atoms with E-state index >= 15 is 0 Å². The van der Waals surface area contributed by atoms with Crippen LogP contribution in [0.15, 0.2) is 16.7 Å². The summed E-state index contributed by atoms with van der Waals surface area (Å²) in [6.45, 7) is 5.94. The summed E-state index contributed by atoms with van der Waals surface area (Å²) in [4.78, 5) is 13.4. The number of likely N-dealkylation sites (tertiary alicyclic amines) is 1. The number of hydrogen-bond acceptors (Lipinski definition) is 4. The zero-order valence-corrected chi connectivity index (χ0v) is 11.4. The molecule has 0 saturated carbocycles. The van der Waals surface area contributed by atoms with Crippen molar-refractivity contribution in [2.75, 3.05) is 19.6 Å². The van der Waals surface area contributed by atoms with E-state index < -0.39 is 5.97 Å². The Bertz CT molecular complexity index is 411. The maximum atomic E-state index is 10.9. The molecular weight excluding hydrogens is 244 g/mol. The fourth-order valence-corrected chi connectivity index (χ4v) is 2.53. The van der Waals surface area contributed by atoms with Gasteiger partial charge in [0.05, 0.1) is 12.8 Å². The third-order valence-corrected chi connectivity index (χ3v) is 3.57. The van der Waals surface area contributed by atoms with Crippen molar-refractivity contribution in [3.05, 3.63) is 23.7 Å². The van der Waals surface area contributed by atoms with Gasteiger partial charge in [-0.1, -0.05) is 6.42 Å². The molecule has 0 aliphatic carbocycles. The van der Waals surface area contributed by atoms with Gasteiger partial charge in [0.2, 0.25) is 0 Å². The lowest BCUT2D eigenvalue weighted by Gasteiger charge is -2.29. The van der Waals surface area contributed by atoms with E-state index in [1.807, 2.05) is 0 Å². The van der Waals surface area contributed by atoms with Gasteiger partial charge < -0.3 is 19.7 Å². The van der Waals surface area contributed by atoms with E-state index in [1.54, 1.807) is 0 Å². The molecule has 1 aromatic rings. The number of carbonyl (C=O) groups is 1. The van der Waals surface area contributed by atoms with E-state index in [0.717, 1.165) is 6.54 Å². The Kier molecular flexibility index (Phi) is 4.99. The number of carboxylic acids is 1. The molecule has 1 saturated heterocycles. The fourth-order valence-electron chi connectivity index (χ4n) is 2.53. The van der Waals surface area contributed by atoms with Crippen molar-refractivity contribution in [2.45, 2.75) is 38.8 Å². The highest BCUT2D eigenvalue weighted by Crippen LogP contribution is 2.11. The van der Waals surface area contributed by atoms with Crippen LogP contribution in [0.5, 0.6) is 0 Å². The smallest absolute Gasteiger partial charge is 0.339 e. The molecule has 0 radical (unpaired) electrons. The summed E-state index contributed by atoms with van der Waals surface area (Å²) < 4.78 is 5.21. The van der Waals surface area contributed by atoms with Gasteiger partial charge >= 0.3 is 5.97 Å². The van der Waals surface area contributed by atoms with Crippen molar-refractivity contribution >= 4 is 5.97 Å². The zero-order valence-electron chi connectivity index (χ0n) is 11.4. The van der Waals surface area contributed by atoms with Gasteiger partial charge in [0.1, 0.15) is 11.3 Å². The molecule has 2 heterocycles. The number of rotatable bonds is 6. The van der Waals surface area contributed by atoms with E-state index in [1.165, 1.54) is 44.7 Å². The molecule has 1 aliphatic rings. The maximum absolute atomic E-state index is 10.9. The SMILES string of the molecule is CC(CN1CCCCC1)NCc1occc1C(=O)O. The molecule has 1 atom stereocenters. The van der Waals surface area contributed by atoms with Gasteiger partial charge in [-0.2, -0.15) is 0 Å². The summed E-state index contributed by atoms with van der Waals surface area (Å²) in [6.07, 6.45) is 5.34. The van der Waals surface area contributed by atoms with Crippen molar-refractivity contribution in [1.82, 2.24) is 10.2 Å². The van der Waals surface area contributed by atoms with Gasteiger partial charge in [0, 0.05) is 12.6 Å². The quantitative estimate of drug-likeness (QED) is 0.823. The zero-order chi connectivity index (χ0) is 13.7. The molecule has 106 valence electrons. The van der Waals surface area contributed by atoms with Crippen molar-refractivity contribution in [1.29, 1.82) is 0 Å². The third-order valence-electron chi connectivity index (χ3n) is 3.57. The second kappa shape index (κ2) is 6.73. The predicted molar refractivity (Wildman–Crippen MR) is 72.3 cm³/mol. The summed E-state index contributed by atoms with van der Waals surface area (Å²) in [7, 11) is 0. The molecule has 0 amide bonds. The molecule has 0 aromatic carbocycles. The van der Waals surface area contributed by atoms with Crippen LogP contribution in [-0.4, -0.2) is 41.7 Å². The Morgan fingerprint density at radius 2 is 2.21 bits per heavy atom. The highest BCUT2D eigenvalue weighted by atomic mass is 16.4. The van der Waals surface area contributed by atoms with Crippen LogP contribution in [0, 0.1) is 0 Å². The molecular formula is C14H22N2O3. The Morgan fingerprint density at radius 3 is 2.89 bits per heavy atom. The number of nitrogens with zero attached hydrogens (tertiary/aromatic N) is 1. The molecule has 5 heteroatoms. The van der Waals surface area contributed by atoms with E-state index in [0.29, 0.717) is 18.3 Å². The van der Waals surface area contributed by atoms with Crippen LogP contribution in [0.2, 0.25) is 0 Å². The summed E-state index contributed by atoms with van der Waals surface area (Å²) in [5.74, 6) is -0.438. The number of piperidine rings is 1. The first kappa shape index (κ1) is 14.1. The summed E-state index contributed by atoms with van der Waals surface area (Å²) in [5.41, 5.74) is 0.248. The molecule has 1 fully saturated rings. The summed E-state index contributed by atoms with van der Waals surface area (Å²) in [6, 6.07) is 1.82. The molecule has 19 heavy (non-hydrogen) atoms. The Morgan fingerprint density at radius 1 is 1.47 bits per heavy atom. The van der Waals surface area contributed by atoms with Crippen LogP contribution in [0.1, 0.15) is 42.3 Å². The van der Waals surface area contributed by atoms with Crippen LogP contribution in [0.4, 0.5) is 0 Å². The molecule has 1 aliphatic heterocycles. The highest BCUT2D eigenvalue weighted by Gasteiger charge is 2.16. The Labute approximate surface area is 113 Å². The monoisotopic (exact) mass is 266 g/mol. The molecule has 0 bridgehead atoms. The average Bonchev–Trinajstić information content (AvgIpc) is 2.86. The van der Waals surface area contributed by atoms with Crippen LogP contribution in [0.3, 0.4) is 0 Å². The highest BCUT2D eigenvalue weighted by molar-refractivity contribution is 5.88. The van der Waals surface area contributed by atoms with Gasteiger partial charge in [0.15, 0.2) is 0 Å². The standard InChI is InChI=1S/C14H22N2O3/c1-11(10-16-6-3-2-4-7-16)15-9-13-12(14(17)18)5-8-19-13/h5,8,11,15H,2-4,6-7,9-10H2,1H3,(H,17,18). The second-order valence-electron chi connectivity index (χ2n) is 5.21. The van der Waals surface area contributed by atoms with Crippen molar-refractivity contribution in [3.8, 4) is 0 Å². The van der Waals surface area contributed by atoms with Gasteiger partial charge in [-0.25, -0.2) is 4.79 Å². The molecule has 2 N–H and O–H groups in total. The van der Waals surface area contributed by atoms with Crippen LogP contribution in [-0.2, 0) is 6.54 Å². The number of hydrogen-bond donors (Lipinski definition) is 2. The fraction of sp³-hybridized carbons (Fsp3) is 0.643. The second-order valence-corrected chi connectivity index (χ2v) is 5.21. The van der Waals surface area contributed by atoms with E-state index in [9.17, 15) is 4.79 Å². The van der Waals surface area contributed by atoms with Crippen molar-refractivity contribution in [3.63, 3.8) is 0 Å². The van der Waals surface area contributed by atoms with E-state index in [4.69, 9.17) is 9.52 Å². The topological polar surface area (TPSA) is 65.7 Å². The summed E-state index contributed by atoms with van der Waals surface area (Å²) in [5, 5.41) is 12.3. The lowest BCUT2D eigenvalue weighted by molar-refractivity contribution is 0.0694. The maximum Gasteiger partial charge on any atom is 0.339 e. The molecule has 2 rings (SSSR count). The predicted octanol–water partition coefficient (Wildman–Crippen LogP) is 1.94. The van der Waals surface area contributed by atoms with Crippen molar-refractivity contribution in [2.24, 2.45) is 0 Å². The minimum Gasteiger partial charge on any atom is -0.478 e. The van der Waals surface area contributed by atoms with Crippen LogP contribution >= 0.6 is 0 Å². The summed E-state index contributed by atoms with van der Waals surface area (Å²) >= 11 is 0. The number of aromatic carboxylic acids is 1. The first-order valence-electron chi connectivity index (χ1n) is 6.92. The van der Waals surface area contributed by atoms with Gasteiger partial charge in [0.25, 0.3) is 0 Å². The van der Waals surface area contributed by atoms with Crippen LogP contribution < -0.4 is 5.32 Å². The third kappa shape index (κ3) is 4.08. The molecule has 0 spiro atoms. The minimum absolute atomic E-state index is 0.248. The van der Waals surface area contributed by atoms with Gasteiger partial charge in [-0.05, 0) is 38.9 Å². The first-order valence-corrected chi connectivity index (χ1v) is 6.92. The van der Waals surface area contributed by atoms with Gasteiger partial charge in [-0.15, -0.1) is 0 Å². The lowest BCUT2D eigenvalue weighted by atomic mass is 10.1. The minimum atomic E-state index is -0.936. The average molecular weight is 266 g/mol. The van der Waals surface area contributed by atoms with E-state index in [2.05, 4.69) is 17.1 Å². The number of carboxylic acid groups (broad SMARTS) is 1. The first-order chi connectivity index (χ1) is 9.16. The molecule has 1 unspecified atom stereocenters. The van der Waals surface area contributed by atoms with Crippen molar-refractivity contribution < 1.29 is 14.3 Å². The molecule has 5 nitrogen and oxygen atoms in total. The molecule has 1 aromatic heterocycles. The number of nitrogens with one attached hydrogen (secondary N) is 1. The largest absolute Gasteiger partial charge is 0.478 e. The van der Waals surface area contributed by atoms with Gasteiger partial charge in [-0.3, -0.25) is 0 Å². The number of furan rings is 1. The Hall–Kier alpha value is -1.33. The Balaban J connectivity index is 1.77. The lowest BCUT2D eigenvalue weighted by Crippen LogP contribution is -2.41.